The van der Waals surface area contributed by atoms with E-state index in [-0.39, 0.29) is 39.9 Å². The molecule has 2 aliphatic heterocycles. The maximum absolute atomic E-state index is 12.9. The fourth-order valence-corrected chi connectivity index (χ4v) is 5.73. The number of carboxylic acid groups (broad SMARTS) is 1. The van der Waals surface area contributed by atoms with Crippen molar-refractivity contribution in [1.82, 2.24) is 30.4 Å². The molecule has 1 saturated heterocycles. The molecule has 4 rings (SSSR count). The van der Waals surface area contributed by atoms with Crippen LogP contribution < -0.4 is 15.5 Å². The first-order valence-corrected chi connectivity index (χ1v) is 13.7. The summed E-state index contributed by atoms with van der Waals surface area (Å²) in [7, 11) is 9.13. The third-order valence-electron chi connectivity index (χ3n) is 6.57. The Kier molecular flexibility index (Phi) is 8.76. The lowest BCUT2D eigenvalue weighted by Gasteiger charge is -2.37. The van der Waals surface area contributed by atoms with Crippen molar-refractivity contribution in [2.24, 2.45) is 4.99 Å². The van der Waals surface area contributed by atoms with Gasteiger partial charge in [-0.25, -0.2) is 14.8 Å². The fourth-order valence-electron chi connectivity index (χ4n) is 4.36. The average Bonchev–Trinajstić information content (AvgIpc) is 3.46. The molecule has 4 N–H and O–H groups in total. The Morgan fingerprint density at radius 3 is 2.54 bits per heavy atom. The lowest BCUT2D eigenvalue weighted by molar-refractivity contribution is 0.0540. The number of nitrogens with one attached hydrogen (secondary N) is 3. The van der Waals surface area contributed by atoms with Crippen LogP contribution in [0.15, 0.2) is 16.9 Å². The summed E-state index contributed by atoms with van der Waals surface area (Å²) in [5.41, 5.74) is 1.61. The molecule has 0 aliphatic carbocycles. The second-order valence-electron chi connectivity index (χ2n) is 9.74. The first-order valence-electron chi connectivity index (χ1n) is 12.2. The molecule has 2 aromatic rings. The molecule has 212 valence electrons. The molecule has 2 aromatic heterocycles. The predicted octanol–water partition coefficient (Wildman–Crippen LogP) is 2.45. The van der Waals surface area contributed by atoms with E-state index in [9.17, 15) is 14.7 Å². The minimum atomic E-state index is -1.07. The lowest BCUT2D eigenvalue weighted by atomic mass is 10.0. The van der Waals surface area contributed by atoms with E-state index in [1.807, 2.05) is 42.9 Å². The number of rotatable bonds is 8. The van der Waals surface area contributed by atoms with Gasteiger partial charge in [0, 0.05) is 46.1 Å². The minimum Gasteiger partial charge on any atom is -0.477 e. The summed E-state index contributed by atoms with van der Waals surface area (Å²) >= 11 is 13.4. The van der Waals surface area contributed by atoms with Gasteiger partial charge in [-0.15, -0.1) is 0 Å². The van der Waals surface area contributed by atoms with Crippen molar-refractivity contribution >= 4 is 57.3 Å². The molecule has 0 radical (unpaired) electrons. The van der Waals surface area contributed by atoms with Crippen LogP contribution in [-0.2, 0) is 4.74 Å². The molecule has 3 atom stereocenters. The number of thiazole rings is 1. The number of carboxylic acids is 1. The number of hydrogen-bond donors (Lipinski definition) is 4. The van der Waals surface area contributed by atoms with Gasteiger partial charge in [0.15, 0.2) is 11.4 Å². The first-order chi connectivity index (χ1) is 18.4. The summed E-state index contributed by atoms with van der Waals surface area (Å²) in [5, 5.41) is 17.3. The van der Waals surface area contributed by atoms with E-state index in [0.717, 1.165) is 17.2 Å². The summed E-state index contributed by atoms with van der Waals surface area (Å²) in [5.74, 6) is -0.652. The number of carbonyl (C=O) groups excluding carboxylic acids is 1. The Bertz CT molecular complexity index is 1320. The number of aromatic amines is 1. The molecule has 1 unspecified atom stereocenters. The van der Waals surface area contributed by atoms with Gasteiger partial charge in [0.05, 0.1) is 27.9 Å². The van der Waals surface area contributed by atoms with Crippen molar-refractivity contribution in [3.05, 3.63) is 43.9 Å². The lowest BCUT2D eigenvalue weighted by Crippen LogP contribution is -2.55. The summed E-state index contributed by atoms with van der Waals surface area (Å²) < 4.78 is 5.72. The van der Waals surface area contributed by atoms with Crippen LogP contribution >= 0.6 is 34.5 Å². The second kappa shape index (κ2) is 11.7. The molecule has 1 amide bonds. The topological polar surface area (TPSA) is 138 Å². The third kappa shape index (κ3) is 6.02. The highest BCUT2D eigenvalue weighted by atomic mass is 35.5. The molecule has 4 heterocycles. The Morgan fingerprint density at radius 2 is 1.97 bits per heavy atom. The quantitative estimate of drug-likeness (QED) is 0.361. The number of amides is 1. The first kappa shape index (κ1) is 29.2. The van der Waals surface area contributed by atoms with E-state index in [1.165, 1.54) is 0 Å². The molecule has 12 nitrogen and oxygen atoms in total. The number of aliphatic imine (C=N–C) groups is 1. The number of ether oxygens (including phenoxy) is 1. The summed E-state index contributed by atoms with van der Waals surface area (Å²) in [6, 6.07) is -0.296. The zero-order valence-corrected chi connectivity index (χ0v) is 24.8. The SMILES string of the molecule is CO[C@H]1CN(c2nc(C3=NC(N(C)C)NC(N(C)C)=C3)c(C(=O)O)s2)CC[C@H]1NC(=O)c1[nH]c(C)c(Cl)c1Cl. The molecule has 15 heteroatoms. The number of aryl methyl sites for hydroxylation is 1. The van der Waals surface area contributed by atoms with Gasteiger partial charge in [0.1, 0.15) is 22.1 Å². The zero-order chi connectivity index (χ0) is 28.6. The number of methoxy groups -OCH3 is 1. The third-order valence-corrected chi connectivity index (χ3v) is 8.62. The number of piperidine rings is 1. The normalized spacial score (nSPS) is 21.4. The number of nitrogens with zero attached hydrogens (tertiary/aromatic N) is 5. The number of hydrogen-bond acceptors (Lipinski definition) is 10. The van der Waals surface area contributed by atoms with Crippen LogP contribution in [0.3, 0.4) is 0 Å². The standard InChI is InChI=1S/C24H32Cl2N8O4S/c1-11-16(25)17(26)19(27-11)21(35)28-12-7-8-34(10-14(12)38-6)24-31-18(20(39-24)22(36)37)13-9-15(32(2)3)30-23(29-13)33(4)5/h9,12,14,23,27,30H,7-8,10H2,1-6H3,(H,28,35)(H,36,37)/t12-,14+,23?/m1/s1. The number of allylic oxidation sites excluding steroid dienone is 1. The Morgan fingerprint density at radius 1 is 1.26 bits per heavy atom. The molecule has 0 bridgehead atoms. The van der Waals surface area contributed by atoms with Crippen molar-refractivity contribution in [3.8, 4) is 0 Å². The van der Waals surface area contributed by atoms with Gasteiger partial charge in [-0.3, -0.25) is 9.69 Å². The van der Waals surface area contributed by atoms with E-state index in [0.29, 0.717) is 46.8 Å². The fraction of sp³-hybridized carbons (Fsp3) is 0.500. The highest BCUT2D eigenvalue weighted by Crippen LogP contribution is 2.32. The van der Waals surface area contributed by atoms with Crippen LogP contribution in [-0.4, -0.2) is 109 Å². The van der Waals surface area contributed by atoms with Crippen molar-refractivity contribution in [3.63, 3.8) is 0 Å². The smallest absolute Gasteiger partial charge is 0.348 e. The van der Waals surface area contributed by atoms with E-state index >= 15 is 0 Å². The van der Waals surface area contributed by atoms with Gasteiger partial charge in [-0.1, -0.05) is 34.5 Å². The summed E-state index contributed by atoms with van der Waals surface area (Å²) in [4.78, 5) is 43.3. The average molecular weight is 600 g/mol. The molecule has 1 fully saturated rings. The molecular formula is C24H32Cl2N8O4S. The molecular weight excluding hydrogens is 567 g/mol. The number of anilines is 1. The predicted molar refractivity (Wildman–Crippen MR) is 152 cm³/mol. The maximum Gasteiger partial charge on any atom is 0.348 e. The van der Waals surface area contributed by atoms with Gasteiger partial charge < -0.3 is 35.3 Å². The van der Waals surface area contributed by atoms with Gasteiger partial charge in [-0.2, -0.15) is 0 Å². The van der Waals surface area contributed by atoms with Gasteiger partial charge >= 0.3 is 5.97 Å². The van der Waals surface area contributed by atoms with Crippen molar-refractivity contribution < 1.29 is 19.4 Å². The van der Waals surface area contributed by atoms with E-state index in [2.05, 4.69) is 15.6 Å². The van der Waals surface area contributed by atoms with Crippen molar-refractivity contribution in [2.75, 3.05) is 53.3 Å². The molecule has 39 heavy (non-hydrogen) atoms. The van der Waals surface area contributed by atoms with Crippen LogP contribution in [0.2, 0.25) is 10.0 Å². The molecule has 2 aliphatic rings. The number of carbonyl (C=O) groups is 2. The summed E-state index contributed by atoms with van der Waals surface area (Å²) in [6.07, 6.45) is 1.59. The van der Waals surface area contributed by atoms with E-state index in [1.54, 1.807) is 20.1 Å². The van der Waals surface area contributed by atoms with E-state index < -0.39 is 5.97 Å². The minimum absolute atomic E-state index is 0.107. The molecule has 0 spiro atoms. The van der Waals surface area contributed by atoms with Crippen LogP contribution in [0.1, 0.15) is 38.0 Å². The molecule has 0 saturated carbocycles. The highest BCUT2D eigenvalue weighted by molar-refractivity contribution is 7.17. The van der Waals surface area contributed by atoms with Gasteiger partial charge in [-0.05, 0) is 27.4 Å². The van der Waals surface area contributed by atoms with E-state index in [4.69, 9.17) is 37.9 Å². The highest BCUT2D eigenvalue weighted by Gasteiger charge is 2.34. The Labute approximate surface area is 240 Å². The maximum atomic E-state index is 12.9. The number of aromatic nitrogens is 2. The van der Waals surface area contributed by atoms with Crippen molar-refractivity contribution in [2.45, 2.75) is 31.8 Å². The van der Waals surface area contributed by atoms with Gasteiger partial charge in [0.25, 0.3) is 5.91 Å². The number of H-pyrrole nitrogens is 1. The Hall–Kier alpha value is -2.84. The number of halogens is 2. The Balaban J connectivity index is 1.56. The van der Waals surface area contributed by atoms with Crippen LogP contribution in [0, 0.1) is 6.92 Å². The van der Waals surface area contributed by atoms with Crippen LogP contribution in [0.5, 0.6) is 0 Å². The van der Waals surface area contributed by atoms with Crippen molar-refractivity contribution in [1.29, 1.82) is 0 Å². The van der Waals surface area contributed by atoms with Crippen LogP contribution in [0.4, 0.5) is 5.13 Å². The number of aromatic carboxylic acids is 1. The zero-order valence-electron chi connectivity index (χ0n) is 22.5. The second-order valence-corrected chi connectivity index (χ2v) is 11.5. The molecule has 0 aromatic carbocycles. The van der Waals surface area contributed by atoms with Gasteiger partial charge in [0.2, 0.25) is 0 Å². The van der Waals surface area contributed by atoms with Crippen LogP contribution in [0.25, 0.3) is 0 Å². The largest absolute Gasteiger partial charge is 0.477 e. The monoisotopic (exact) mass is 598 g/mol. The summed E-state index contributed by atoms with van der Waals surface area (Å²) in [6.45, 7) is 2.67.